The maximum Gasteiger partial charge on any atom is 0.315 e. The zero-order valence-electron chi connectivity index (χ0n) is 43.2. The predicted molar refractivity (Wildman–Crippen MR) is 278 cm³/mol. The van der Waals surface area contributed by atoms with Gasteiger partial charge in [-0.15, -0.1) is 0 Å². The van der Waals surface area contributed by atoms with Gasteiger partial charge in [0, 0.05) is 97.4 Å². The summed E-state index contributed by atoms with van der Waals surface area (Å²) in [6.07, 6.45) is 5.73. The Morgan fingerprint density at radius 2 is 1.65 bits per heavy atom. The van der Waals surface area contributed by atoms with E-state index in [2.05, 4.69) is 62.3 Å². The van der Waals surface area contributed by atoms with E-state index in [1.807, 2.05) is 0 Å². The molecule has 1 aliphatic carbocycles. The number of phenols is 1. The number of benzene rings is 1. The topological polar surface area (TPSA) is 238 Å². The minimum Gasteiger partial charge on any atom is -0.507 e. The van der Waals surface area contributed by atoms with Gasteiger partial charge >= 0.3 is 11.8 Å². The van der Waals surface area contributed by atoms with E-state index in [0.717, 1.165) is 32.5 Å². The molecular weight excluding hydrogens is 1040 g/mol. The van der Waals surface area contributed by atoms with Crippen LogP contribution in [0.2, 0.25) is 0 Å². The largest absolute Gasteiger partial charge is 0.507 e. The Morgan fingerprint density at radius 3 is 2.31 bits per heavy atom. The van der Waals surface area contributed by atoms with E-state index in [0.29, 0.717) is 42.3 Å². The van der Waals surface area contributed by atoms with Crippen LogP contribution in [0.25, 0.3) is 0 Å². The number of amides is 2. The summed E-state index contributed by atoms with van der Waals surface area (Å²) in [5.41, 5.74) is -0.394. The Hall–Kier alpha value is -4.67. The first kappa shape index (κ1) is 55.1. The van der Waals surface area contributed by atoms with Crippen molar-refractivity contribution in [3.63, 3.8) is 0 Å². The summed E-state index contributed by atoms with van der Waals surface area (Å²) >= 11 is 2.40. The van der Waals surface area contributed by atoms with Gasteiger partial charge in [-0.25, -0.2) is 0 Å². The summed E-state index contributed by atoms with van der Waals surface area (Å²) in [7, 11) is 3.50. The van der Waals surface area contributed by atoms with Crippen LogP contribution in [0.1, 0.15) is 112 Å². The van der Waals surface area contributed by atoms with Crippen LogP contribution in [0.5, 0.6) is 11.5 Å². The molecule has 72 heavy (non-hydrogen) atoms. The Labute approximate surface area is 436 Å². The molecule has 1 spiro atoms. The third-order valence-electron chi connectivity index (χ3n) is 15.5. The molecule has 8 rings (SSSR count). The second-order valence-corrected chi connectivity index (χ2v) is 23.1. The number of alkyl halides is 1. The van der Waals surface area contributed by atoms with Gasteiger partial charge in [-0.1, -0.05) is 75.4 Å². The molecule has 394 valence electrons. The molecule has 19 heteroatoms. The molecular formula is C53H73IN6O12. The summed E-state index contributed by atoms with van der Waals surface area (Å²) < 4.78 is 24.9. The van der Waals surface area contributed by atoms with Gasteiger partial charge in [-0.2, -0.15) is 0 Å². The molecule has 0 aromatic heterocycles. The summed E-state index contributed by atoms with van der Waals surface area (Å²) in [6.45, 7) is 18.1. The molecule has 1 aromatic carbocycles. The van der Waals surface area contributed by atoms with Crippen molar-refractivity contribution in [2.75, 3.05) is 53.4 Å². The number of ketones is 2. The van der Waals surface area contributed by atoms with Crippen molar-refractivity contribution < 1.29 is 58.2 Å². The summed E-state index contributed by atoms with van der Waals surface area (Å²) in [5, 5.41) is 44.6. The highest BCUT2D eigenvalue weighted by Crippen LogP contribution is 2.50. The van der Waals surface area contributed by atoms with Crippen molar-refractivity contribution in [3.05, 3.63) is 69.8 Å². The molecule has 6 aliphatic heterocycles. The number of carbonyl (C=O) groups excluding carboxylic acids is 5. The van der Waals surface area contributed by atoms with Gasteiger partial charge in [0.2, 0.25) is 11.7 Å². The van der Waals surface area contributed by atoms with Crippen LogP contribution in [0.4, 0.5) is 0 Å². The highest BCUT2D eigenvalue weighted by molar-refractivity contribution is 14.1. The van der Waals surface area contributed by atoms with Crippen LogP contribution in [0.15, 0.2) is 52.5 Å². The number of hydrogen-bond acceptors (Lipinski definition) is 16. The number of fused-ring (bicyclic) bond motifs is 13. The molecule has 10 atom stereocenters. The highest BCUT2D eigenvalue weighted by Gasteiger charge is 2.54. The van der Waals surface area contributed by atoms with Crippen LogP contribution >= 0.6 is 22.6 Å². The average Bonchev–Trinajstić information content (AvgIpc) is 3.84. The monoisotopic (exact) mass is 1110 g/mol. The lowest BCUT2D eigenvalue weighted by molar-refractivity contribution is -0.164. The fourth-order valence-electron chi connectivity index (χ4n) is 10.8. The Kier molecular flexibility index (Phi) is 17.2. The molecule has 0 radical (unpaired) electrons. The van der Waals surface area contributed by atoms with Crippen molar-refractivity contribution in [2.45, 2.75) is 127 Å². The molecule has 6 heterocycles. The number of nitrogens with zero attached hydrogens (tertiary/aromatic N) is 3. The molecule has 2 saturated heterocycles. The molecule has 2 fully saturated rings. The van der Waals surface area contributed by atoms with E-state index in [9.17, 15) is 39.3 Å². The number of likely N-dealkylation sites (tertiary alicyclic amines) is 2. The van der Waals surface area contributed by atoms with E-state index < -0.39 is 101 Å². The minimum absolute atomic E-state index is 0.00439. The third kappa shape index (κ3) is 11.4. The summed E-state index contributed by atoms with van der Waals surface area (Å²) in [6, 6.07) is 0. The predicted octanol–water partition coefficient (Wildman–Crippen LogP) is 4.61. The second-order valence-electron chi connectivity index (χ2n) is 21.0. The zero-order valence-corrected chi connectivity index (χ0v) is 45.3. The maximum absolute atomic E-state index is 14.9. The van der Waals surface area contributed by atoms with Gasteiger partial charge in [-0.3, -0.25) is 29.0 Å². The fourth-order valence-corrected chi connectivity index (χ4v) is 11.4. The Morgan fingerprint density at radius 1 is 0.972 bits per heavy atom. The number of Topliss-reactive ketones (excluding diaryl/α,β-unsaturated/α-hetero) is 2. The van der Waals surface area contributed by atoms with Gasteiger partial charge in [0.25, 0.3) is 11.7 Å². The quantitative estimate of drug-likeness (QED) is 0.0903. The van der Waals surface area contributed by atoms with Gasteiger partial charge in [0.15, 0.2) is 0 Å². The van der Waals surface area contributed by atoms with Gasteiger partial charge in [0.1, 0.15) is 35.4 Å². The molecule has 18 nitrogen and oxygen atoms in total. The lowest BCUT2D eigenvalue weighted by Crippen LogP contribution is -2.51. The normalized spacial score (nSPS) is 32.6. The standard InChI is InChI=1S/C53H73IN6O12/c1-27-12-11-13-28(2)51(68)56-43-42-41(57-53(58-42)17-21-60(22-18-53)26-29(3)54)38-39(47(43)66)46(65)33(7)49-40(38)50(67)52(8,72-49)70-23-16-35(69-10)30(4)48(32(6)45(64)31(5)44(27)63)71-37(62)24-36(61)55-25-34-14-19-59(9)20-15-34/h11-13,16,23,27,29-32,34-35,44-45,48,58,63-65H,14-15,17-22,24-26H2,1-10H3,(H,55,61)(H,56,68)/b12-11+,23-16+,28-13-/t27-,29?,30+,31+,32+,35-,44-,45+,48+,52-/m0/s1. The van der Waals surface area contributed by atoms with E-state index in [1.54, 1.807) is 52.8 Å². The molecule has 0 saturated carbocycles. The molecule has 2 amide bonds. The van der Waals surface area contributed by atoms with Gasteiger partial charge < -0.3 is 60.0 Å². The number of esters is 1. The van der Waals surface area contributed by atoms with Crippen LogP contribution in [0.3, 0.4) is 0 Å². The van der Waals surface area contributed by atoms with Crippen molar-refractivity contribution in [2.24, 2.45) is 34.6 Å². The third-order valence-corrected chi connectivity index (χ3v) is 15.9. The van der Waals surface area contributed by atoms with Crippen LogP contribution in [-0.4, -0.2) is 153 Å². The number of piperidine rings is 2. The Bertz CT molecular complexity index is 2450. The van der Waals surface area contributed by atoms with Crippen LogP contribution < -0.4 is 20.7 Å². The fraction of sp³-hybridized carbons (Fsp3) is 0.623. The second kappa shape index (κ2) is 22.4. The molecule has 5 bridgehead atoms. The highest BCUT2D eigenvalue weighted by atomic mass is 127. The van der Waals surface area contributed by atoms with Gasteiger partial charge in [0.05, 0.1) is 47.1 Å². The van der Waals surface area contributed by atoms with Crippen molar-refractivity contribution in [3.8, 4) is 11.5 Å². The van der Waals surface area contributed by atoms with E-state index >= 15 is 0 Å². The molecule has 1 aromatic rings. The number of aliphatic imine (C=N–C) groups is 1. The first-order valence-corrected chi connectivity index (χ1v) is 26.5. The SMILES string of the molecule is CO[C@H]1/C=C/O[C@@]2(C)Oc3c(C)c(O)c4c(c3C2=O)C2=NC3(CCN(CC(C)I)CC3)NC2=C(NC(=O)/C(C)=C\C=C\[C@H](C)[C@H](O)[C@@H](C)[C@@H](O)[C@@H](C)[C@H](OC(=O)CC(=O)NCC2CCN(C)CC2)[C@@H]1C)C4=O. The molecule has 1 unspecified atom stereocenters. The number of methoxy groups -OCH3 is 1. The maximum atomic E-state index is 14.9. The van der Waals surface area contributed by atoms with Crippen molar-refractivity contribution in [1.29, 1.82) is 0 Å². The van der Waals surface area contributed by atoms with Crippen LogP contribution in [0, 0.1) is 36.5 Å². The molecule has 7 aliphatic rings. The summed E-state index contributed by atoms with van der Waals surface area (Å²) in [4.78, 5) is 80.3. The number of phenolic OH excluding ortho intramolecular Hbond substituents is 1. The molecule has 6 N–H and O–H groups in total. The van der Waals surface area contributed by atoms with Crippen molar-refractivity contribution in [1.82, 2.24) is 25.8 Å². The average molecular weight is 1110 g/mol. The first-order chi connectivity index (χ1) is 34.0. The number of rotatable bonds is 8. The number of halogens is 1. The number of allylic oxidation sites excluding steroid dienone is 4. The Balaban J connectivity index is 1.25. The van der Waals surface area contributed by atoms with E-state index in [-0.39, 0.29) is 50.7 Å². The zero-order chi connectivity index (χ0) is 52.6. The minimum atomic E-state index is -2.03. The first-order valence-electron chi connectivity index (χ1n) is 25.2. The smallest absolute Gasteiger partial charge is 0.315 e. The van der Waals surface area contributed by atoms with E-state index in [1.165, 1.54) is 33.3 Å². The van der Waals surface area contributed by atoms with Crippen molar-refractivity contribution >= 4 is 57.7 Å². The number of aliphatic hydroxyl groups excluding tert-OH is 2. The summed E-state index contributed by atoms with van der Waals surface area (Å²) in [5.74, 6) is -8.29. The number of nitrogens with one attached hydrogen (secondary N) is 3. The number of aromatic hydroxyl groups is 1. The number of ether oxygens (including phenoxy) is 4. The number of hydrogen-bond donors (Lipinski definition) is 6. The van der Waals surface area contributed by atoms with Gasteiger partial charge in [-0.05, 0) is 58.8 Å². The lowest BCUT2D eigenvalue weighted by Gasteiger charge is -2.38. The van der Waals surface area contributed by atoms with E-state index in [4.69, 9.17) is 23.9 Å². The number of aliphatic hydroxyl groups is 2. The number of carbonyl (C=O) groups is 5. The van der Waals surface area contributed by atoms with Crippen LogP contribution in [-0.2, 0) is 28.6 Å². The lowest BCUT2D eigenvalue weighted by atomic mass is 9.78.